The van der Waals surface area contributed by atoms with Crippen LogP contribution in [0.3, 0.4) is 0 Å². The van der Waals surface area contributed by atoms with Crippen molar-refractivity contribution in [1.82, 2.24) is 0 Å². The molecule has 1 aromatic carbocycles. The number of carbonyl (C=O) groups is 3. The van der Waals surface area contributed by atoms with Gasteiger partial charge in [0.2, 0.25) is 0 Å². The summed E-state index contributed by atoms with van der Waals surface area (Å²) in [6.45, 7) is 4.83. The third kappa shape index (κ3) is 3.01. The average molecular weight is 234 g/mol. The zero-order valence-electron chi connectivity index (χ0n) is 9.10. The number of aromatic carboxylic acids is 1. The fraction of sp³-hybridized carbons (Fsp3) is 0.0833. The lowest BCUT2D eigenvalue weighted by Gasteiger charge is -2.05. The molecule has 17 heavy (non-hydrogen) atoms. The minimum absolute atomic E-state index is 0.168. The fourth-order valence-electron chi connectivity index (χ4n) is 1.20. The smallest absolute Gasteiger partial charge is 0.346 e. The summed E-state index contributed by atoms with van der Waals surface area (Å²) in [5.41, 5.74) is 0.319. The highest BCUT2D eigenvalue weighted by Crippen LogP contribution is 2.13. The van der Waals surface area contributed by atoms with Gasteiger partial charge in [0.05, 0.1) is 11.1 Å². The van der Waals surface area contributed by atoms with Crippen LogP contribution in [-0.4, -0.2) is 23.0 Å². The molecule has 5 heteroatoms. The van der Waals surface area contributed by atoms with Crippen molar-refractivity contribution >= 4 is 17.9 Å². The highest BCUT2D eigenvalue weighted by Gasteiger charge is 2.19. The molecule has 0 saturated heterocycles. The Morgan fingerprint density at radius 3 is 2.47 bits per heavy atom. The predicted octanol–water partition coefficient (Wildman–Crippen LogP) is 1.56. The largest absolute Gasteiger partial charge is 0.478 e. The number of carboxylic acid groups (broad SMARTS) is 1. The van der Waals surface area contributed by atoms with Gasteiger partial charge in [0.15, 0.2) is 0 Å². The van der Waals surface area contributed by atoms with Crippen LogP contribution in [-0.2, 0) is 9.53 Å². The van der Waals surface area contributed by atoms with Gasteiger partial charge < -0.3 is 9.84 Å². The molecule has 5 nitrogen and oxygen atoms in total. The van der Waals surface area contributed by atoms with E-state index in [4.69, 9.17) is 5.11 Å². The zero-order valence-corrected chi connectivity index (χ0v) is 9.10. The number of ether oxygens (including phenoxy) is 1. The van der Waals surface area contributed by atoms with Gasteiger partial charge in [-0.15, -0.1) is 0 Å². The number of carbonyl (C=O) groups excluding carboxylic acids is 2. The van der Waals surface area contributed by atoms with Crippen LogP contribution in [0.4, 0.5) is 0 Å². The standard InChI is InChI=1S/C12H10O5/c1-3-10(13)17-12(16)8-5-4-7(2)6-9(8)11(14)15/h3-6H,1H2,2H3,(H,14,15). The number of carboxylic acids is 1. The Kier molecular flexibility index (Phi) is 3.77. The van der Waals surface area contributed by atoms with E-state index < -0.39 is 17.9 Å². The Labute approximate surface area is 97.3 Å². The first kappa shape index (κ1) is 12.6. The molecule has 0 aromatic heterocycles. The van der Waals surface area contributed by atoms with Crippen molar-refractivity contribution in [2.75, 3.05) is 0 Å². The van der Waals surface area contributed by atoms with E-state index in [1.54, 1.807) is 13.0 Å². The van der Waals surface area contributed by atoms with Gasteiger partial charge in [-0.1, -0.05) is 18.2 Å². The van der Waals surface area contributed by atoms with E-state index in [9.17, 15) is 14.4 Å². The lowest BCUT2D eigenvalue weighted by Crippen LogP contribution is -2.14. The van der Waals surface area contributed by atoms with Crippen LogP contribution in [0.5, 0.6) is 0 Å². The molecule has 0 saturated carbocycles. The van der Waals surface area contributed by atoms with Crippen LogP contribution in [0.2, 0.25) is 0 Å². The van der Waals surface area contributed by atoms with E-state index >= 15 is 0 Å². The first-order chi connectivity index (χ1) is 7.95. The van der Waals surface area contributed by atoms with Gasteiger partial charge in [-0.05, 0) is 19.1 Å². The molecule has 0 spiro atoms. The van der Waals surface area contributed by atoms with E-state index in [2.05, 4.69) is 11.3 Å². The van der Waals surface area contributed by atoms with E-state index in [1.165, 1.54) is 12.1 Å². The lowest BCUT2D eigenvalue weighted by molar-refractivity contribution is -0.132. The first-order valence-corrected chi connectivity index (χ1v) is 4.68. The molecule has 88 valence electrons. The second-order valence-electron chi connectivity index (χ2n) is 3.27. The van der Waals surface area contributed by atoms with Crippen molar-refractivity contribution < 1.29 is 24.2 Å². The summed E-state index contributed by atoms with van der Waals surface area (Å²) in [6, 6.07) is 4.19. The van der Waals surface area contributed by atoms with Gasteiger partial charge in [-0.3, -0.25) is 0 Å². The number of hydrogen-bond acceptors (Lipinski definition) is 4. The summed E-state index contributed by atoms with van der Waals surface area (Å²) in [6.07, 6.45) is 0.826. The minimum Gasteiger partial charge on any atom is -0.478 e. The second kappa shape index (κ2) is 5.07. The highest BCUT2D eigenvalue weighted by molar-refractivity contribution is 6.06. The van der Waals surface area contributed by atoms with Crippen molar-refractivity contribution in [1.29, 1.82) is 0 Å². The molecule has 0 bridgehead atoms. The molecule has 0 aliphatic rings. The molecule has 0 atom stereocenters. The third-order valence-electron chi connectivity index (χ3n) is 1.99. The minimum atomic E-state index is -1.26. The molecule has 0 fully saturated rings. The van der Waals surface area contributed by atoms with Gasteiger partial charge in [0, 0.05) is 6.08 Å². The number of aryl methyl sites for hydroxylation is 1. The Bertz CT molecular complexity index is 502. The lowest BCUT2D eigenvalue weighted by atomic mass is 10.0. The molecule has 0 radical (unpaired) electrons. The van der Waals surface area contributed by atoms with Gasteiger partial charge >= 0.3 is 17.9 Å². The Balaban J connectivity index is 3.13. The van der Waals surface area contributed by atoms with Gasteiger partial charge in [-0.2, -0.15) is 0 Å². The Morgan fingerprint density at radius 2 is 1.94 bits per heavy atom. The normalized spacial score (nSPS) is 9.47. The molecule has 1 aromatic rings. The molecule has 0 unspecified atom stereocenters. The number of rotatable bonds is 3. The maximum absolute atomic E-state index is 11.5. The summed E-state index contributed by atoms with van der Waals surface area (Å²) >= 11 is 0. The molecule has 0 amide bonds. The van der Waals surface area contributed by atoms with E-state index in [-0.39, 0.29) is 11.1 Å². The van der Waals surface area contributed by atoms with Gasteiger partial charge in [-0.25, -0.2) is 14.4 Å². The SMILES string of the molecule is C=CC(=O)OC(=O)c1ccc(C)cc1C(=O)O. The van der Waals surface area contributed by atoms with Crippen molar-refractivity contribution in [3.05, 3.63) is 47.5 Å². The van der Waals surface area contributed by atoms with E-state index in [1.807, 2.05) is 0 Å². The summed E-state index contributed by atoms with van der Waals surface area (Å²) in [5.74, 6) is -3.19. The van der Waals surface area contributed by atoms with Crippen LogP contribution in [0.1, 0.15) is 26.3 Å². The van der Waals surface area contributed by atoms with Crippen LogP contribution < -0.4 is 0 Å². The molecular formula is C12H10O5. The monoisotopic (exact) mass is 234 g/mol. The molecule has 1 rings (SSSR count). The summed E-state index contributed by atoms with van der Waals surface area (Å²) in [5, 5.41) is 8.92. The predicted molar refractivity (Wildman–Crippen MR) is 58.8 cm³/mol. The van der Waals surface area contributed by atoms with Crippen LogP contribution in [0, 0.1) is 6.92 Å². The zero-order chi connectivity index (χ0) is 13.0. The average Bonchev–Trinajstić information content (AvgIpc) is 2.28. The number of esters is 2. The van der Waals surface area contributed by atoms with E-state index in [0.717, 1.165) is 6.08 Å². The first-order valence-electron chi connectivity index (χ1n) is 4.68. The Hall–Kier alpha value is -2.43. The van der Waals surface area contributed by atoms with Crippen LogP contribution in [0.15, 0.2) is 30.9 Å². The van der Waals surface area contributed by atoms with E-state index in [0.29, 0.717) is 5.56 Å². The number of hydrogen-bond donors (Lipinski definition) is 1. The maximum Gasteiger partial charge on any atom is 0.346 e. The summed E-state index contributed by atoms with van der Waals surface area (Å²) in [4.78, 5) is 33.3. The molecule has 0 aliphatic carbocycles. The van der Waals surface area contributed by atoms with Crippen molar-refractivity contribution in [3.8, 4) is 0 Å². The topological polar surface area (TPSA) is 80.7 Å². The quantitative estimate of drug-likeness (QED) is 0.487. The van der Waals surface area contributed by atoms with Crippen molar-refractivity contribution in [3.63, 3.8) is 0 Å². The van der Waals surface area contributed by atoms with Crippen molar-refractivity contribution in [2.24, 2.45) is 0 Å². The molecular weight excluding hydrogens is 224 g/mol. The summed E-state index contributed by atoms with van der Waals surface area (Å²) < 4.78 is 4.36. The third-order valence-corrected chi connectivity index (χ3v) is 1.99. The van der Waals surface area contributed by atoms with Crippen LogP contribution >= 0.6 is 0 Å². The second-order valence-corrected chi connectivity index (χ2v) is 3.27. The summed E-state index contributed by atoms with van der Waals surface area (Å²) in [7, 11) is 0. The molecule has 0 aliphatic heterocycles. The highest BCUT2D eigenvalue weighted by atomic mass is 16.6. The maximum atomic E-state index is 11.5. The Morgan fingerprint density at radius 1 is 1.29 bits per heavy atom. The van der Waals surface area contributed by atoms with Gasteiger partial charge in [0.1, 0.15) is 0 Å². The molecule has 0 heterocycles. The van der Waals surface area contributed by atoms with Gasteiger partial charge in [0.25, 0.3) is 0 Å². The van der Waals surface area contributed by atoms with Crippen LogP contribution in [0.25, 0.3) is 0 Å². The number of benzene rings is 1. The van der Waals surface area contributed by atoms with Crippen molar-refractivity contribution in [2.45, 2.75) is 6.92 Å². The molecule has 1 N–H and O–H groups in total. The fourth-order valence-corrected chi connectivity index (χ4v) is 1.20.